The molecule has 5 heteroatoms. The van der Waals surface area contributed by atoms with E-state index in [2.05, 4.69) is 18.8 Å². The number of ether oxygens (including phenoxy) is 2. The van der Waals surface area contributed by atoms with Crippen molar-refractivity contribution in [3.05, 3.63) is 12.2 Å². The van der Waals surface area contributed by atoms with E-state index >= 15 is 0 Å². The molecule has 0 aliphatic rings. The van der Waals surface area contributed by atoms with Gasteiger partial charge in [0.2, 0.25) is 0 Å². The summed E-state index contributed by atoms with van der Waals surface area (Å²) in [5, 5.41) is 2.72. The lowest BCUT2D eigenvalue weighted by molar-refractivity contribution is -0.142. The number of nitrogens with one attached hydrogen (secondary N) is 1. The first-order valence-corrected chi connectivity index (χ1v) is 7.65. The molecule has 0 fully saturated rings. The average molecular weight is 299 g/mol. The summed E-state index contributed by atoms with van der Waals surface area (Å²) < 4.78 is 10.3. The highest BCUT2D eigenvalue weighted by molar-refractivity contribution is 5.86. The summed E-state index contributed by atoms with van der Waals surface area (Å²) >= 11 is 0. The van der Waals surface area contributed by atoms with Crippen LogP contribution in [0, 0.1) is 5.92 Å². The zero-order valence-electron chi connectivity index (χ0n) is 13.7. The van der Waals surface area contributed by atoms with Crippen LogP contribution in [-0.2, 0) is 14.3 Å². The minimum absolute atomic E-state index is 0.0482. The van der Waals surface area contributed by atoms with E-state index in [9.17, 15) is 9.59 Å². The van der Waals surface area contributed by atoms with Crippen LogP contribution in [0.3, 0.4) is 0 Å². The molecule has 0 aliphatic carbocycles. The molecular weight excluding hydrogens is 270 g/mol. The van der Waals surface area contributed by atoms with Crippen LogP contribution in [0.25, 0.3) is 0 Å². The van der Waals surface area contributed by atoms with Gasteiger partial charge in [-0.2, -0.15) is 0 Å². The number of rotatable bonds is 10. The predicted octanol–water partition coefficient (Wildman–Crippen LogP) is 3.44. The van der Waals surface area contributed by atoms with Gasteiger partial charge in [-0.3, -0.25) is 0 Å². The number of unbranched alkanes of at least 4 members (excludes halogenated alkanes) is 3. The van der Waals surface area contributed by atoms with Gasteiger partial charge < -0.3 is 14.8 Å². The van der Waals surface area contributed by atoms with Crippen molar-refractivity contribution in [3.63, 3.8) is 0 Å². The van der Waals surface area contributed by atoms with Gasteiger partial charge in [-0.15, -0.1) is 0 Å². The lowest BCUT2D eigenvalue weighted by atomic mass is 10.1. The molecule has 0 aromatic carbocycles. The van der Waals surface area contributed by atoms with Gasteiger partial charge in [-0.25, -0.2) is 9.59 Å². The van der Waals surface area contributed by atoms with Crippen molar-refractivity contribution >= 4 is 12.1 Å². The first-order chi connectivity index (χ1) is 9.88. The highest BCUT2D eigenvalue weighted by Crippen LogP contribution is 2.09. The monoisotopic (exact) mass is 299 g/mol. The minimum Gasteiger partial charge on any atom is -0.458 e. The molecule has 122 valence electrons. The van der Waals surface area contributed by atoms with Crippen LogP contribution >= 0.6 is 0 Å². The zero-order valence-corrected chi connectivity index (χ0v) is 13.7. The molecular formula is C16H29NO4. The SMILES string of the molecule is C=C(C)C(=O)OCC(OC(=O)NCCCCCC)C(C)C. The summed E-state index contributed by atoms with van der Waals surface area (Å²) in [6.07, 6.45) is 3.46. The van der Waals surface area contributed by atoms with E-state index in [0.29, 0.717) is 12.1 Å². The third-order valence-corrected chi connectivity index (χ3v) is 3.03. The van der Waals surface area contributed by atoms with Crippen LogP contribution in [0.2, 0.25) is 0 Å². The Balaban J connectivity index is 4.04. The third kappa shape index (κ3) is 9.93. The van der Waals surface area contributed by atoms with E-state index in [0.717, 1.165) is 19.3 Å². The van der Waals surface area contributed by atoms with Crippen molar-refractivity contribution < 1.29 is 19.1 Å². The molecule has 0 rings (SSSR count). The van der Waals surface area contributed by atoms with Gasteiger partial charge in [0.1, 0.15) is 12.7 Å². The van der Waals surface area contributed by atoms with Crippen molar-refractivity contribution in [2.24, 2.45) is 5.92 Å². The highest BCUT2D eigenvalue weighted by atomic mass is 16.6. The summed E-state index contributed by atoms with van der Waals surface area (Å²) in [5.41, 5.74) is 0.331. The topological polar surface area (TPSA) is 64.6 Å². The van der Waals surface area contributed by atoms with Crippen molar-refractivity contribution in [1.82, 2.24) is 5.32 Å². The normalized spacial score (nSPS) is 11.9. The predicted molar refractivity (Wildman–Crippen MR) is 83.0 cm³/mol. The van der Waals surface area contributed by atoms with E-state index < -0.39 is 18.2 Å². The zero-order chi connectivity index (χ0) is 16.3. The number of carbonyl (C=O) groups excluding carboxylic acids is 2. The first kappa shape index (κ1) is 19.5. The molecule has 0 aromatic rings. The molecule has 0 aliphatic heterocycles. The largest absolute Gasteiger partial charge is 0.458 e. The second-order valence-electron chi connectivity index (χ2n) is 5.55. The van der Waals surface area contributed by atoms with E-state index in [-0.39, 0.29) is 12.5 Å². The number of esters is 1. The fourth-order valence-corrected chi connectivity index (χ4v) is 1.56. The summed E-state index contributed by atoms with van der Waals surface area (Å²) in [6.45, 7) is 11.7. The summed E-state index contributed by atoms with van der Waals surface area (Å²) in [7, 11) is 0. The number of hydrogen-bond donors (Lipinski definition) is 1. The molecule has 0 saturated carbocycles. The smallest absolute Gasteiger partial charge is 0.407 e. The van der Waals surface area contributed by atoms with Gasteiger partial charge in [0.15, 0.2) is 0 Å². The van der Waals surface area contributed by atoms with Crippen LogP contribution in [0.1, 0.15) is 53.4 Å². The Hall–Kier alpha value is -1.52. The third-order valence-electron chi connectivity index (χ3n) is 3.03. The first-order valence-electron chi connectivity index (χ1n) is 7.65. The highest BCUT2D eigenvalue weighted by Gasteiger charge is 2.20. The maximum Gasteiger partial charge on any atom is 0.407 e. The Bertz CT molecular complexity index is 339. The van der Waals surface area contributed by atoms with Crippen molar-refractivity contribution in [2.45, 2.75) is 59.5 Å². The maximum atomic E-state index is 11.7. The van der Waals surface area contributed by atoms with Crippen LogP contribution in [0.4, 0.5) is 4.79 Å². The fraction of sp³-hybridized carbons (Fsp3) is 0.750. The van der Waals surface area contributed by atoms with E-state index in [1.807, 2.05) is 13.8 Å². The summed E-state index contributed by atoms with van der Waals surface area (Å²) in [6, 6.07) is 0. The molecule has 1 N–H and O–H groups in total. The van der Waals surface area contributed by atoms with Crippen LogP contribution in [0.15, 0.2) is 12.2 Å². The van der Waals surface area contributed by atoms with E-state index in [1.165, 1.54) is 6.42 Å². The number of alkyl carbamates (subject to hydrolysis) is 1. The molecule has 21 heavy (non-hydrogen) atoms. The molecule has 5 nitrogen and oxygen atoms in total. The van der Waals surface area contributed by atoms with Gasteiger partial charge in [0, 0.05) is 12.1 Å². The lowest BCUT2D eigenvalue weighted by Gasteiger charge is -2.21. The Labute approximate surface area is 128 Å². The molecule has 0 bridgehead atoms. The van der Waals surface area contributed by atoms with Gasteiger partial charge in [0.05, 0.1) is 0 Å². The van der Waals surface area contributed by atoms with Crippen LogP contribution in [0.5, 0.6) is 0 Å². The number of carbonyl (C=O) groups is 2. The molecule has 1 amide bonds. The Morgan fingerprint density at radius 3 is 2.38 bits per heavy atom. The summed E-state index contributed by atoms with van der Waals surface area (Å²) in [4.78, 5) is 23.0. The van der Waals surface area contributed by atoms with Crippen LogP contribution in [-0.4, -0.2) is 31.3 Å². The maximum absolute atomic E-state index is 11.7. The average Bonchev–Trinajstić information content (AvgIpc) is 2.42. The van der Waals surface area contributed by atoms with Gasteiger partial charge in [-0.05, 0) is 19.3 Å². The van der Waals surface area contributed by atoms with Gasteiger partial charge >= 0.3 is 12.1 Å². The van der Waals surface area contributed by atoms with Crippen LogP contribution < -0.4 is 5.32 Å². The minimum atomic E-state index is -0.468. The molecule has 0 spiro atoms. The van der Waals surface area contributed by atoms with Gasteiger partial charge in [-0.1, -0.05) is 46.6 Å². The Kier molecular flexibility index (Phi) is 10.4. The van der Waals surface area contributed by atoms with E-state index in [1.54, 1.807) is 6.92 Å². The Morgan fingerprint density at radius 1 is 1.19 bits per heavy atom. The molecule has 0 aromatic heterocycles. The van der Waals surface area contributed by atoms with Gasteiger partial charge in [0.25, 0.3) is 0 Å². The van der Waals surface area contributed by atoms with Crippen molar-refractivity contribution in [3.8, 4) is 0 Å². The molecule has 0 radical (unpaired) electrons. The fourth-order valence-electron chi connectivity index (χ4n) is 1.56. The standard InChI is InChI=1S/C16H29NO4/c1-6-7-8-9-10-17-16(19)21-14(12(2)3)11-20-15(18)13(4)5/h12,14H,4,6-11H2,1-3,5H3,(H,17,19). The molecule has 0 heterocycles. The quantitative estimate of drug-likeness (QED) is 0.381. The number of hydrogen-bond acceptors (Lipinski definition) is 4. The van der Waals surface area contributed by atoms with Crippen molar-refractivity contribution in [2.75, 3.05) is 13.2 Å². The lowest BCUT2D eigenvalue weighted by Crippen LogP contribution is -2.35. The van der Waals surface area contributed by atoms with Crippen molar-refractivity contribution in [1.29, 1.82) is 0 Å². The second-order valence-corrected chi connectivity index (χ2v) is 5.55. The number of amides is 1. The Morgan fingerprint density at radius 2 is 1.86 bits per heavy atom. The molecule has 1 atom stereocenters. The second kappa shape index (κ2) is 11.2. The molecule has 0 saturated heterocycles. The molecule has 1 unspecified atom stereocenters. The van der Waals surface area contributed by atoms with E-state index in [4.69, 9.17) is 9.47 Å². The summed E-state index contributed by atoms with van der Waals surface area (Å²) in [5.74, 6) is -0.405.